The van der Waals surface area contributed by atoms with Crippen LogP contribution in [0.2, 0.25) is 15.1 Å². The molecule has 2 nitrogen and oxygen atoms in total. The highest BCUT2D eigenvalue weighted by molar-refractivity contribution is 6.48. The fourth-order valence-corrected chi connectivity index (χ4v) is 3.79. The number of carbonyl (C=O) groups is 1. The van der Waals surface area contributed by atoms with Gasteiger partial charge in [-0.3, -0.25) is 4.79 Å². The molecule has 137 valence electrons. The lowest BCUT2D eigenvalue weighted by Crippen LogP contribution is -2.44. The Morgan fingerprint density at radius 2 is 1.81 bits per heavy atom. The van der Waals surface area contributed by atoms with Crippen LogP contribution in [0.25, 0.3) is 0 Å². The van der Waals surface area contributed by atoms with Crippen LogP contribution in [0.3, 0.4) is 0 Å². The van der Waals surface area contributed by atoms with Gasteiger partial charge in [0.1, 0.15) is 5.41 Å². The summed E-state index contributed by atoms with van der Waals surface area (Å²) in [6.45, 7) is -0.106. The zero-order valence-corrected chi connectivity index (χ0v) is 15.5. The van der Waals surface area contributed by atoms with Gasteiger partial charge in [-0.15, -0.1) is 0 Å². The number of rotatable bonds is 3. The second kappa shape index (κ2) is 6.95. The standard InChI is InChI=1S/C18H12Cl3F3NO/c19-14-7-12(8-15(20)16(14)21)17(18(22,23)24)5-6-25(10-17)13-3-1-11(9-26)2-4-13/h1,3-4,7-9H,5-6,10H2. The number of aldehydes is 1. The van der Waals surface area contributed by atoms with Crippen molar-refractivity contribution in [2.24, 2.45) is 0 Å². The fourth-order valence-electron chi connectivity index (χ4n) is 3.19. The van der Waals surface area contributed by atoms with E-state index >= 15 is 0 Å². The fraction of sp³-hybridized carbons (Fsp3) is 0.278. The van der Waals surface area contributed by atoms with E-state index in [1.54, 1.807) is 11.0 Å². The molecule has 26 heavy (non-hydrogen) atoms. The number of carbonyl (C=O) groups excluding carboxylic acids is 1. The highest BCUT2D eigenvalue weighted by Gasteiger charge is 2.59. The van der Waals surface area contributed by atoms with E-state index in [1.807, 2.05) is 0 Å². The highest BCUT2D eigenvalue weighted by Crippen LogP contribution is 2.50. The molecule has 0 saturated carbocycles. The summed E-state index contributed by atoms with van der Waals surface area (Å²) in [5, 5.41) is 0.00290. The van der Waals surface area contributed by atoms with Gasteiger partial charge in [0.15, 0.2) is 6.29 Å². The number of anilines is 1. The average molecular weight is 422 g/mol. The topological polar surface area (TPSA) is 20.3 Å². The smallest absolute Gasteiger partial charge is 0.370 e. The van der Waals surface area contributed by atoms with Crippen molar-refractivity contribution in [1.82, 2.24) is 0 Å². The molecule has 0 aliphatic carbocycles. The Kier molecular flexibility index (Phi) is 5.17. The van der Waals surface area contributed by atoms with Crippen molar-refractivity contribution in [3.8, 4) is 0 Å². The molecule has 0 N–H and O–H groups in total. The third kappa shape index (κ3) is 3.28. The molecular formula is C18H12Cl3F3NO. The maximum absolute atomic E-state index is 14.1. The van der Waals surface area contributed by atoms with E-state index in [1.165, 1.54) is 24.3 Å². The van der Waals surface area contributed by atoms with E-state index < -0.39 is 11.6 Å². The summed E-state index contributed by atoms with van der Waals surface area (Å²) in [6.07, 6.45) is -4.03. The SMILES string of the molecule is O=Cc1[c]cc(N2CCC(c3cc(Cl)c(Cl)c(Cl)c3)(C(F)(F)F)C2)cc1. The van der Waals surface area contributed by atoms with E-state index in [0.717, 1.165) is 0 Å². The van der Waals surface area contributed by atoms with Gasteiger partial charge in [-0.25, -0.2) is 0 Å². The van der Waals surface area contributed by atoms with Crippen LogP contribution < -0.4 is 4.90 Å². The molecule has 0 bridgehead atoms. The van der Waals surface area contributed by atoms with E-state index in [4.69, 9.17) is 34.8 Å². The number of benzene rings is 2. The minimum absolute atomic E-state index is 0.0135. The highest BCUT2D eigenvalue weighted by atomic mass is 35.5. The lowest BCUT2D eigenvalue weighted by atomic mass is 9.79. The van der Waals surface area contributed by atoms with Crippen molar-refractivity contribution in [3.63, 3.8) is 0 Å². The van der Waals surface area contributed by atoms with Gasteiger partial charge in [0.25, 0.3) is 0 Å². The monoisotopic (exact) mass is 420 g/mol. The normalized spacial score (nSPS) is 20.5. The molecule has 1 atom stereocenters. The van der Waals surface area contributed by atoms with Crippen molar-refractivity contribution < 1.29 is 18.0 Å². The van der Waals surface area contributed by atoms with Crippen molar-refractivity contribution in [3.05, 3.63) is 62.6 Å². The molecule has 8 heteroatoms. The molecule has 0 spiro atoms. The summed E-state index contributed by atoms with van der Waals surface area (Å²) >= 11 is 17.8. The maximum Gasteiger partial charge on any atom is 0.400 e. The van der Waals surface area contributed by atoms with Crippen LogP contribution in [0, 0.1) is 6.07 Å². The van der Waals surface area contributed by atoms with Crippen molar-refractivity contribution in [2.45, 2.75) is 18.0 Å². The van der Waals surface area contributed by atoms with Gasteiger partial charge in [-0.05, 0) is 48.4 Å². The Balaban J connectivity index is 2.01. The first-order valence-corrected chi connectivity index (χ1v) is 8.75. The zero-order valence-electron chi connectivity index (χ0n) is 13.2. The van der Waals surface area contributed by atoms with Crippen molar-refractivity contribution >= 4 is 46.8 Å². The van der Waals surface area contributed by atoms with Gasteiger partial charge in [0.2, 0.25) is 0 Å². The van der Waals surface area contributed by atoms with Crippen LogP contribution in [-0.2, 0) is 5.41 Å². The van der Waals surface area contributed by atoms with Crippen LogP contribution in [0.4, 0.5) is 18.9 Å². The van der Waals surface area contributed by atoms with Gasteiger partial charge in [0, 0.05) is 24.3 Å². The first-order chi connectivity index (χ1) is 12.2. The maximum atomic E-state index is 14.1. The third-order valence-electron chi connectivity index (χ3n) is 4.66. The molecule has 1 aliphatic rings. The molecular weight excluding hydrogens is 410 g/mol. The van der Waals surface area contributed by atoms with Gasteiger partial charge < -0.3 is 4.90 Å². The number of alkyl halides is 3. The average Bonchev–Trinajstić information content (AvgIpc) is 3.06. The summed E-state index contributed by atoms with van der Waals surface area (Å²) in [5.41, 5.74) is -1.23. The Labute approximate surface area is 163 Å². The Hall–Kier alpha value is -1.43. The molecule has 1 fully saturated rings. The molecule has 2 aromatic rings. The first kappa shape index (κ1) is 19.3. The quantitative estimate of drug-likeness (QED) is 0.449. The summed E-state index contributed by atoms with van der Waals surface area (Å²) in [5.74, 6) is 0. The van der Waals surface area contributed by atoms with E-state index in [-0.39, 0.29) is 40.1 Å². The van der Waals surface area contributed by atoms with Crippen molar-refractivity contribution in [1.29, 1.82) is 0 Å². The van der Waals surface area contributed by atoms with E-state index in [9.17, 15) is 18.0 Å². The molecule has 1 aliphatic heterocycles. The number of nitrogens with zero attached hydrogens (tertiary/aromatic N) is 1. The van der Waals surface area contributed by atoms with Gasteiger partial charge in [-0.1, -0.05) is 34.8 Å². The number of halogens is 6. The van der Waals surface area contributed by atoms with Crippen LogP contribution in [0.5, 0.6) is 0 Å². The molecule has 1 radical (unpaired) electrons. The molecule has 2 aromatic carbocycles. The Bertz CT molecular complexity index is 816. The molecule has 1 saturated heterocycles. The summed E-state index contributed by atoms with van der Waals surface area (Å²) in [7, 11) is 0. The summed E-state index contributed by atoms with van der Waals surface area (Å²) < 4.78 is 42.2. The molecule has 1 unspecified atom stereocenters. The van der Waals surface area contributed by atoms with Crippen LogP contribution in [0.15, 0.2) is 30.3 Å². The minimum atomic E-state index is -4.51. The van der Waals surface area contributed by atoms with Crippen LogP contribution in [-0.4, -0.2) is 25.6 Å². The first-order valence-electron chi connectivity index (χ1n) is 7.61. The van der Waals surface area contributed by atoms with Crippen LogP contribution >= 0.6 is 34.8 Å². The molecule has 1 heterocycles. The number of hydrogen-bond acceptors (Lipinski definition) is 2. The zero-order chi connectivity index (χ0) is 19.1. The minimum Gasteiger partial charge on any atom is -0.370 e. The summed E-state index contributed by atoms with van der Waals surface area (Å²) in [6, 6.07) is 9.84. The predicted molar refractivity (Wildman–Crippen MR) is 96.7 cm³/mol. The third-order valence-corrected chi connectivity index (χ3v) is 5.86. The lowest BCUT2D eigenvalue weighted by molar-refractivity contribution is -0.184. The number of hydrogen-bond donors (Lipinski definition) is 0. The summed E-state index contributed by atoms with van der Waals surface area (Å²) in [4.78, 5) is 12.3. The van der Waals surface area contributed by atoms with Crippen molar-refractivity contribution in [2.75, 3.05) is 18.0 Å². The lowest BCUT2D eigenvalue weighted by Gasteiger charge is -2.33. The second-order valence-corrected chi connectivity index (χ2v) is 7.32. The molecule has 0 aromatic heterocycles. The Morgan fingerprint density at radius 3 is 2.31 bits per heavy atom. The van der Waals surface area contributed by atoms with E-state index in [2.05, 4.69) is 6.07 Å². The largest absolute Gasteiger partial charge is 0.400 e. The predicted octanol–water partition coefficient (Wildman–Crippen LogP) is 5.97. The van der Waals surface area contributed by atoms with Gasteiger partial charge in [0.05, 0.1) is 15.1 Å². The second-order valence-electron chi connectivity index (χ2n) is 6.13. The van der Waals surface area contributed by atoms with Gasteiger partial charge >= 0.3 is 6.18 Å². The molecule has 0 amide bonds. The van der Waals surface area contributed by atoms with E-state index in [0.29, 0.717) is 17.5 Å². The van der Waals surface area contributed by atoms with Crippen LogP contribution in [0.1, 0.15) is 22.3 Å². The van der Waals surface area contributed by atoms with Gasteiger partial charge in [-0.2, -0.15) is 13.2 Å². The Morgan fingerprint density at radius 1 is 1.15 bits per heavy atom. The molecule has 3 rings (SSSR count).